The van der Waals surface area contributed by atoms with Gasteiger partial charge < -0.3 is 15.8 Å². The van der Waals surface area contributed by atoms with Gasteiger partial charge in [0.2, 0.25) is 0 Å². The van der Waals surface area contributed by atoms with Crippen LogP contribution < -0.4 is 15.8 Å². The Hall–Kier alpha value is -3.96. The van der Waals surface area contributed by atoms with Crippen molar-refractivity contribution in [3.63, 3.8) is 0 Å². The molecular formula is C21H19N7O. The number of hydrogen-bond acceptors (Lipinski definition) is 7. The highest BCUT2D eigenvalue weighted by Crippen LogP contribution is 2.34. The second-order valence-corrected chi connectivity index (χ2v) is 6.38. The number of nitrogens with two attached hydrogens (primary N) is 1. The van der Waals surface area contributed by atoms with Gasteiger partial charge in [-0.15, -0.1) is 0 Å². The maximum Gasteiger partial charge on any atom is 0.158 e. The number of aromatic nitrogens is 4. The topological polar surface area (TPSA) is 126 Å². The molecule has 4 rings (SSSR count). The first kappa shape index (κ1) is 18.4. The van der Waals surface area contributed by atoms with E-state index in [9.17, 15) is 0 Å². The van der Waals surface area contributed by atoms with Crippen molar-refractivity contribution in [2.75, 3.05) is 18.5 Å². The first-order valence-electron chi connectivity index (χ1n) is 9.17. The predicted molar refractivity (Wildman–Crippen MR) is 111 cm³/mol. The van der Waals surface area contributed by atoms with Crippen LogP contribution >= 0.6 is 0 Å². The molecule has 4 aromatic rings. The number of rotatable bonds is 7. The summed E-state index contributed by atoms with van der Waals surface area (Å²) in [5.41, 5.74) is 7.57. The molecule has 0 unspecified atom stereocenters. The van der Waals surface area contributed by atoms with Crippen LogP contribution in [0.15, 0.2) is 54.9 Å². The highest BCUT2D eigenvalue weighted by molar-refractivity contribution is 5.90. The molecule has 0 aliphatic carbocycles. The number of hydrogen-bond donors (Lipinski definition) is 3. The van der Waals surface area contributed by atoms with E-state index in [1.807, 2.05) is 30.3 Å². The zero-order chi connectivity index (χ0) is 20.1. The molecular weight excluding hydrogens is 366 g/mol. The van der Waals surface area contributed by atoms with Crippen molar-refractivity contribution < 1.29 is 4.74 Å². The first-order valence-corrected chi connectivity index (χ1v) is 9.17. The SMILES string of the molecule is N#Cc1cnc(Nc2cc(-c3cc4ccccc4cc3OCCCN)[nH]n2)cn1. The Morgan fingerprint density at radius 2 is 1.90 bits per heavy atom. The van der Waals surface area contributed by atoms with Crippen molar-refractivity contribution in [2.45, 2.75) is 6.42 Å². The lowest BCUT2D eigenvalue weighted by atomic mass is 10.0. The van der Waals surface area contributed by atoms with E-state index in [0.717, 1.165) is 34.2 Å². The van der Waals surface area contributed by atoms with E-state index in [1.165, 1.54) is 12.4 Å². The molecule has 0 radical (unpaired) electrons. The van der Waals surface area contributed by atoms with Gasteiger partial charge in [-0.25, -0.2) is 9.97 Å². The summed E-state index contributed by atoms with van der Waals surface area (Å²) in [7, 11) is 0. The standard InChI is InChI=1S/C21H19N7O/c22-6-3-7-29-19-9-15-5-2-1-4-14(15)8-17(19)18-10-20(28-27-18)26-21-13-24-16(11-23)12-25-21/h1-2,4-5,8-10,12-13H,3,6-7,22H2,(H2,25,26,27,28). The largest absolute Gasteiger partial charge is 0.493 e. The average molecular weight is 385 g/mol. The van der Waals surface area contributed by atoms with E-state index in [1.54, 1.807) is 0 Å². The van der Waals surface area contributed by atoms with E-state index < -0.39 is 0 Å². The fraction of sp³-hybridized carbons (Fsp3) is 0.143. The van der Waals surface area contributed by atoms with Crippen LogP contribution in [-0.4, -0.2) is 33.3 Å². The van der Waals surface area contributed by atoms with Gasteiger partial charge in [-0.3, -0.25) is 5.10 Å². The van der Waals surface area contributed by atoms with Crippen molar-refractivity contribution in [2.24, 2.45) is 5.73 Å². The summed E-state index contributed by atoms with van der Waals surface area (Å²) < 4.78 is 5.99. The number of H-pyrrole nitrogens is 1. The minimum atomic E-state index is 0.258. The van der Waals surface area contributed by atoms with Crippen molar-refractivity contribution in [1.29, 1.82) is 5.26 Å². The predicted octanol–water partition coefficient (Wildman–Crippen LogP) is 3.36. The molecule has 8 nitrogen and oxygen atoms in total. The minimum absolute atomic E-state index is 0.258. The Bertz CT molecular complexity index is 1160. The molecule has 0 saturated heterocycles. The molecule has 2 heterocycles. The lowest BCUT2D eigenvalue weighted by molar-refractivity contribution is 0.315. The van der Waals surface area contributed by atoms with Gasteiger partial charge in [-0.05, 0) is 35.9 Å². The van der Waals surface area contributed by atoms with Crippen LogP contribution in [0.1, 0.15) is 12.1 Å². The molecule has 0 aliphatic heterocycles. The van der Waals surface area contributed by atoms with E-state index in [-0.39, 0.29) is 5.69 Å². The molecule has 0 fully saturated rings. The Kier molecular flexibility index (Phi) is 5.31. The first-order chi connectivity index (χ1) is 14.3. The molecule has 0 bridgehead atoms. The fourth-order valence-electron chi connectivity index (χ4n) is 2.92. The molecule has 0 amide bonds. The summed E-state index contributed by atoms with van der Waals surface area (Å²) in [5.74, 6) is 1.85. The third-order valence-electron chi connectivity index (χ3n) is 4.34. The van der Waals surface area contributed by atoms with Crippen LogP contribution in [0.25, 0.3) is 22.0 Å². The Labute approximate surface area is 167 Å². The molecule has 0 aliphatic rings. The number of nitrogens with one attached hydrogen (secondary N) is 2. The summed E-state index contributed by atoms with van der Waals surface area (Å²) in [5, 5.41) is 21.4. The quantitative estimate of drug-likeness (QED) is 0.416. The Balaban J connectivity index is 1.64. The molecule has 0 spiro atoms. The number of aromatic amines is 1. The molecule has 2 aromatic heterocycles. The van der Waals surface area contributed by atoms with Crippen molar-refractivity contribution in [1.82, 2.24) is 20.2 Å². The third kappa shape index (κ3) is 4.15. The van der Waals surface area contributed by atoms with Gasteiger partial charge >= 0.3 is 0 Å². The van der Waals surface area contributed by atoms with Crippen LogP contribution in [0.2, 0.25) is 0 Å². The highest BCUT2D eigenvalue weighted by atomic mass is 16.5. The lowest BCUT2D eigenvalue weighted by Gasteiger charge is -2.12. The Morgan fingerprint density at radius 3 is 2.62 bits per heavy atom. The monoisotopic (exact) mass is 385 g/mol. The Morgan fingerprint density at radius 1 is 1.07 bits per heavy atom. The van der Waals surface area contributed by atoms with E-state index in [2.05, 4.69) is 43.7 Å². The molecule has 0 atom stereocenters. The normalized spacial score (nSPS) is 10.6. The summed E-state index contributed by atoms with van der Waals surface area (Å²) >= 11 is 0. The second kappa shape index (κ2) is 8.37. The number of ether oxygens (including phenoxy) is 1. The van der Waals surface area contributed by atoms with Gasteiger partial charge in [0.1, 0.15) is 17.6 Å². The number of benzene rings is 2. The second-order valence-electron chi connectivity index (χ2n) is 6.38. The maximum atomic E-state index is 8.82. The van der Waals surface area contributed by atoms with E-state index in [0.29, 0.717) is 24.8 Å². The van der Waals surface area contributed by atoms with Crippen molar-refractivity contribution >= 4 is 22.4 Å². The van der Waals surface area contributed by atoms with Gasteiger partial charge in [-0.1, -0.05) is 24.3 Å². The smallest absolute Gasteiger partial charge is 0.158 e. The summed E-state index contributed by atoms with van der Waals surface area (Å²) in [6.45, 7) is 1.12. The molecule has 4 N–H and O–H groups in total. The zero-order valence-electron chi connectivity index (χ0n) is 15.6. The summed E-state index contributed by atoms with van der Waals surface area (Å²) in [6, 6.07) is 16.0. The molecule has 29 heavy (non-hydrogen) atoms. The number of fused-ring (bicyclic) bond motifs is 1. The highest BCUT2D eigenvalue weighted by Gasteiger charge is 2.12. The van der Waals surface area contributed by atoms with Gasteiger partial charge in [0.15, 0.2) is 11.5 Å². The fourth-order valence-corrected chi connectivity index (χ4v) is 2.92. The van der Waals surface area contributed by atoms with Gasteiger partial charge in [0, 0.05) is 11.6 Å². The number of nitriles is 1. The van der Waals surface area contributed by atoms with Gasteiger partial charge in [0.05, 0.1) is 24.7 Å². The minimum Gasteiger partial charge on any atom is -0.493 e. The number of anilines is 2. The molecule has 8 heteroatoms. The van der Waals surface area contributed by atoms with E-state index >= 15 is 0 Å². The van der Waals surface area contributed by atoms with Gasteiger partial charge in [0.25, 0.3) is 0 Å². The van der Waals surface area contributed by atoms with Crippen molar-refractivity contribution in [3.8, 4) is 23.1 Å². The average Bonchev–Trinajstić information content (AvgIpc) is 3.22. The molecule has 2 aromatic carbocycles. The summed E-state index contributed by atoms with van der Waals surface area (Å²) in [6.07, 6.45) is 3.67. The maximum absolute atomic E-state index is 8.82. The van der Waals surface area contributed by atoms with Crippen LogP contribution in [-0.2, 0) is 0 Å². The van der Waals surface area contributed by atoms with Crippen LogP contribution in [0.3, 0.4) is 0 Å². The van der Waals surface area contributed by atoms with Crippen LogP contribution in [0, 0.1) is 11.3 Å². The van der Waals surface area contributed by atoms with Crippen LogP contribution in [0.4, 0.5) is 11.6 Å². The summed E-state index contributed by atoms with van der Waals surface area (Å²) in [4.78, 5) is 8.14. The van der Waals surface area contributed by atoms with Gasteiger partial charge in [-0.2, -0.15) is 10.4 Å². The zero-order valence-corrected chi connectivity index (χ0v) is 15.6. The third-order valence-corrected chi connectivity index (χ3v) is 4.34. The number of nitrogens with zero attached hydrogens (tertiary/aromatic N) is 4. The van der Waals surface area contributed by atoms with E-state index in [4.69, 9.17) is 15.7 Å². The van der Waals surface area contributed by atoms with Crippen LogP contribution in [0.5, 0.6) is 5.75 Å². The van der Waals surface area contributed by atoms with Crippen molar-refractivity contribution in [3.05, 3.63) is 60.6 Å². The lowest BCUT2D eigenvalue weighted by Crippen LogP contribution is -2.06. The molecule has 144 valence electrons. The molecule has 0 saturated carbocycles.